The van der Waals surface area contributed by atoms with Crippen molar-refractivity contribution in [3.63, 3.8) is 0 Å². The summed E-state index contributed by atoms with van der Waals surface area (Å²) in [5.74, 6) is 1.22. The number of hydrogen-bond acceptors (Lipinski definition) is 5. The molecule has 12 heavy (non-hydrogen) atoms. The van der Waals surface area contributed by atoms with Crippen LogP contribution in [0.15, 0.2) is 0 Å². The van der Waals surface area contributed by atoms with Crippen molar-refractivity contribution in [3.8, 4) is 0 Å². The van der Waals surface area contributed by atoms with E-state index < -0.39 is 6.10 Å². The molecule has 3 nitrogen and oxygen atoms in total. The molecule has 0 aromatic heterocycles. The van der Waals surface area contributed by atoms with Crippen LogP contribution in [-0.4, -0.2) is 46.1 Å². The summed E-state index contributed by atoms with van der Waals surface area (Å²) in [5.41, 5.74) is 0. The zero-order valence-corrected chi connectivity index (χ0v) is 8.84. The highest BCUT2D eigenvalue weighted by Gasteiger charge is 1.92. The fourth-order valence-corrected chi connectivity index (χ4v) is 0.620. The topological polar surface area (TPSA) is 60.7 Å². The Morgan fingerprint density at radius 2 is 1.67 bits per heavy atom. The number of aliphatic hydroxyl groups excluding tert-OH is 3. The minimum atomic E-state index is -0.645. The lowest BCUT2D eigenvalue weighted by Crippen LogP contribution is -2.12. The van der Waals surface area contributed by atoms with Crippen LogP contribution < -0.4 is 0 Å². The lowest BCUT2D eigenvalue weighted by atomic mass is 10.4. The molecule has 1 atom stereocenters. The fraction of sp³-hybridized carbons (Fsp3) is 1.00. The SMILES string of the molecule is OCC(O)CS.OCCCCS. The first-order valence-electron chi connectivity index (χ1n) is 3.84. The summed E-state index contributed by atoms with van der Waals surface area (Å²) in [6, 6.07) is 0. The fourth-order valence-electron chi connectivity index (χ4n) is 0.281. The first-order valence-corrected chi connectivity index (χ1v) is 5.10. The molecule has 5 heteroatoms. The van der Waals surface area contributed by atoms with Gasteiger partial charge in [-0.3, -0.25) is 0 Å². The molecule has 0 aromatic carbocycles. The van der Waals surface area contributed by atoms with Crippen molar-refractivity contribution in [2.24, 2.45) is 0 Å². The van der Waals surface area contributed by atoms with Gasteiger partial charge in [0.2, 0.25) is 0 Å². The molecule has 0 spiro atoms. The van der Waals surface area contributed by atoms with E-state index in [0.717, 1.165) is 18.6 Å². The second-order valence-electron chi connectivity index (χ2n) is 2.17. The first kappa shape index (κ1) is 15.1. The lowest BCUT2D eigenvalue weighted by Gasteiger charge is -1.96. The Hall–Kier alpha value is 0.580. The maximum atomic E-state index is 8.34. The van der Waals surface area contributed by atoms with Crippen LogP contribution in [0.1, 0.15) is 12.8 Å². The third-order valence-electron chi connectivity index (χ3n) is 0.988. The molecule has 3 N–H and O–H groups in total. The van der Waals surface area contributed by atoms with Crippen molar-refractivity contribution in [2.75, 3.05) is 24.7 Å². The van der Waals surface area contributed by atoms with Gasteiger partial charge in [0.15, 0.2) is 0 Å². The van der Waals surface area contributed by atoms with E-state index in [1.807, 2.05) is 0 Å². The van der Waals surface area contributed by atoms with E-state index in [2.05, 4.69) is 25.3 Å². The van der Waals surface area contributed by atoms with Gasteiger partial charge in [0.1, 0.15) is 0 Å². The van der Waals surface area contributed by atoms with Crippen molar-refractivity contribution in [2.45, 2.75) is 18.9 Å². The van der Waals surface area contributed by atoms with Crippen LogP contribution in [0.3, 0.4) is 0 Å². The van der Waals surface area contributed by atoms with Gasteiger partial charge in [-0.15, -0.1) is 0 Å². The van der Waals surface area contributed by atoms with Crippen LogP contribution in [-0.2, 0) is 0 Å². The summed E-state index contributed by atoms with van der Waals surface area (Å²) in [4.78, 5) is 0. The molecule has 0 bridgehead atoms. The van der Waals surface area contributed by atoms with Gasteiger partial charge in [0, 0.05) is 12.4 Å². The number of hydrogen-bond donors (Lipinski definition) is 5. The van der Waals surface area contributed by atoms with Crippen LogP contribution >= 0.6 is 25.3 Å². The second kappa shape index (κ2) is 14.1. The van der Waals surface area contributed by atoms with Crippen molar-refractivity contribution in [1.82, 2.24) is 0 Å². The maximum absolute atomic E-state index is 8.34. The molecule has 0 aliphatic rings. The average Bonchev–Trinajstić information content (AvgIpc) is 2.14. The third kappa shape index (κ3) is 16.9. The van der Waals surface area contributed by atoms with E-state index in [1.54, 1.807) is 0 Å². The van der Waals surface area contributed by atoms with Gasteiger partial charge < -0.3 is 15.3 Å². The molecule has 0 fully saturated rings. The highest BCUT2D eigenvalue weighted by Crippen LogP contribution is 1.87. The van der Waals surface area contributed by atoms with Crippen molar-refractivity contribution >= 4 is 25.3 Å². The Balaban J connectivity index is 0. The molecule has 0 heterocycles. The summed E-state index contributed by atoms with van der Waals surface area (Å²) in [5, 5.41) is 24.5. The molecule has 0 aliphatic heterocycles. The van der Waals surface area contributed by atoms with Crippen LogP contribution in [0.25, 0.3) is 0 Å². The minimum absolute atomic E-state index is 0.191. The van der Waals surface area contributed by atoms with Crippen LogP contribution in [0, 0.1) is 0 Å². The monoisotopic (exact) mass is 214 g/mol. The van der Waals surface area contributed by atoms with Crippen molar-refractivity contribution in [1.29, 1.82) is 0 Å². The smallest absolute Gasteiger partial charge is 0.0858 e. The van der Waals surface area contributed by atoms with Gasteiger partial charge in [0.05, 0.1) is 12.7 Å². The summed E-state index contributed by atoms with van der Waals surface area (Å²) in [6.07, 6.45) is 1.27. The van der Waals surface area contributed by atoms with Crippen LogP contribution in [0.2, 0.25) is 0 Å². The standard InChI is InChI=1S/C4H10OS.C3H8O2S/c5-3-1-2-4-6;4-1-3(5)2-6/h5-6H,1-4H2;3-6H,1-2H2. The Morgan fingerprint density at radius 1 is 1.08 bits per heavy atom. The van der Waals surface area contributed by atoms with Crippen molar-refractivity contribution in [3.05, 3.63) is 0 Å². The molecular weight excluding hydrogens is 196 g/mol. The summed E-state index contributed by atoms with van der Waals surface area (Å²) >= 11 is 7.63. The molecule has 0 amide bonds. The molecule has 0 radical (unpaired) electrons. The molecular formula is C7H18O3S2. The van der Waals surface area contributed by atoms with Crippen molar-refractivity contribution < 1.29 is 15.3 Å². The van der Waals surface area contributed by atoms with E-state index in [-0.39, 0.29) is 6.61 Å². The molecule has 0 aliphatic carbocycles. The van der Waals surface area contributed by atoms with Gasteiger partial charge in [-0.05, 0) is 18.6 Å². The molecule has 0 saturated carbocycles. The zero-order valence-electron chi connectivity index (χ0n) is 7.06. The van der Waals surface area contributed by atoms with Crippen LogP contribution in [0.5, 0.6) is 0 Å². The van der Waals surface area contributed by atoms with E-state index in [9.17, 15) is 0 Å². The summed E-state index contributed by atoms with van der Waals surface area (Å²) < 4.78 is 0. The van der Waals surface area contributed by atoms with E-state index in [1.165, 1.54) is 0 Å². The molecule has 0 rings (SSSR count). The highest BCUT2D eigenvalue weighted by atomic mass is 32.1. The summed E-state index contributed by atoms with van der Waals surface area (Å²) in [7, 11) is 0. The second-order valence-corrected chi connectivity index (χ2v) is 2.99. The number of aliphatic hydroxyl groups is 3. The molecule has 1 unspecified atom stereocenters. The lowest BCUT2D eigenvalue weighted by molar-refractivity contribution is 0.114. The Labute approximate surface area is 84.6 Å². The number of thiol groups is 2. The third-order valence-corrected chi connectivity index (χ3v) is 1.73. The largest absolute Gasteiger partial charge is 0.396 e. The predicted molar refractivity (Wildman–Crippen MR) is 57.1 cm³/mol. The first-order chi connectivity index (χ1) is 5.72. The van der Waals surface area contributed by atoms with E-state index >= 15 is 0 Å². The van der Waals surface area contributed by atoms with Gasteiger partial charge in [-0.25, -0.2) is 0 Å². The highest BCUT2D eigenvalue weighted by molar-refractivity contribution is 7.80. The average molecular weight is 214 g/mol. The predicted octanol–water partition coefficient (Wildman–Crippen LogP) is -0.0419. The maximum Gasteiger partial charge on any atom is 0.0858 e. The van der Waals surface area contributed by atoms with Gasteiger partial charge >= 0.3 is 0 Å². The van der Waals surface area contributed by atoms with E-state index in [0.29, 0.717) is 12.4 Å². The number of unbranched alkanes of at least 4 members (excludes halogenated alkanes) is 1. The van der Waals surface area contributed by atoms with Crippen LogP contribution in [0.4, 0.5) is 0 Å². The Morgan fingerprint density at radius 3 is 1.75 bits per heavy atom. The van der Waals surface area contributed by atoms with E-state index in [4.69, 9.17) is 15.3 Å². The molecule has 0 saturated heterocycles. The summed E-state index contributed by atoms with van der Waals surface area (Å²) in [6.45, 7) is 0.115. The van der Waals surface area contributed by atoms with Gasteiger partial charge in [-0.2, -0.15) is 25.3 Å². The molecule has 76 valence electrons. The Kier molecular flexibility index (Phi) is 17.7. The Bertz CT molecular complexity index is 65.7. The number of rotatable bonds is 5. The van der Waals surface area contributed by atoms with Gasteiger partial charge in [-0.1, -0.05) is 0 Å². The zero-order chi connectivity index (χ0) is 9.82. The quantitative estimate of drug-likeness (QED) is 0.330. The minimum Gasteiger partial charge on any atom is -0.396 e. The van der Waals surface area contributed by atoms with Gasteiger partial charge in [0.25, 0.3) is 0 Å². The normalized spacial score (nSPS) is 11.8. The molecule has 0 aromatic rings.